The maximum Gasteiger partial charge on any atom is 0.333 e. The lowest BCUT2D eigenvalue weighted by Crippen LogP contribution is -2.24. The highest BCUT2D eigenvalue weighted by Gasteiger charge is 2.19. The van der Waals surface area contributed by atoms with Crippen molar-refractivity contribution in [2.45, 2.75) is 32.3 Å². The molecular weight excluding hydrogens is 454 g/mol. The Bertz CT molecular complexity index is 1260. The van der Waals surface area contributed by atoms with Gasteiger partial charge in [-0.25, -0.2) is 9.78 Å². The first-order valence-electron chi connectivity index (χ1n) is 11.0. The third-order valence-electron chi connectivity index (χ3n) is 5.67. The number of ether oxygens (including phenoxy) is 3. The van der Waals surface area contributed by atoms with Crippen LogP contribution in [0.4, 0.5) is 0 Å². The van der Waals surface area contributed by atoms with E-state index >= 15 is 0 Å². The number of aliphatic carboxylic acids is 1. The van der Waals surface area contributed by atoms with Gasteiger partial charge in [-0.1, -0.05) is 6.07 Å². The molecule has 0 aliphatic carbocycles. The number of carboxylic acid groups (broad SMARTS) is 1. The van der Waals surface area contributed by atoms with Crippen LogP contribution in [0.2, 0.25) is 0 Å². The summed E-state index contributed by atoms with van der Waals surface area (Å²) in [6.45, 7) is 2.46. The zero-order valence-corrected chi connectivity index (χ0v) is 20.2. The molecule has 0 aliphatic heterocycles. The Labute approximate surface area is 201 Å². The van der Waals surface area contributed by atoms with Gasteiger partial charge in [0.05, 0.1) is 19.4 Å². The van der Waals surface area contributed by atoms with Crippen LogP contribution in [0.25, 0.3) is 21.5 Å². The molecule has 0 bridgehead atoms. The molecule has 1 unspecified atom stereocenters. The van der Waals surface area contributed by atoms with Gasteiger partial charge in [0.1, 0.15) is 17.3 Å². The molecule has 4 rings (SSSR count). The van der Waals surface area contributed by atoms with Crippen molar-refractivity contribution in [2.75, 3.05) is 20.8 Å². The third-order valence-corrected chi connectivity index (χ3v) is 6.66. The molecule has 34 heavy (non-hydrogen) atoms. The van der Waals surface area contributed by atoms with Gasteiger partial charge < -0.3 is 23.7 Å². The van der Waals surface area contributed by atoms with E-state index in [0.717, 1.165) is 57.0 Å². The summed E-state index contributed by atoms with van der Waals surface area (Å²) in [5.41, 5.74) is 2.77. The fraction of sp³-hybridized carbons (Fsp3) is 0.308. The van der Waals surface area contributed by atoms with Crippen LogP contribution < -0.4 is 9.47 Å². The van der Waals surface area contributed by atoms with Crippen LogP contribution in [-0.4, -0.2) is 43.0 Å². The SMILES string of the molecule is COc1ccc(-c2nc(CCCOc3ccc(CC(OC)C(=O)O)c4sccc34)c(C)o2)cc1. The molecule has 0 aliphatic rings. The van der Waals surface area contributed by atoms with Gasteiger partial charge >= 0.3 is 5.97 Å². The smallest absolute Gasteiger partial charge is 0.333 e. The maximum atomic E-state index is 11.3. The summed E-state index contributed by atoms with van der Waals surface area (Å²) in [5.74, 6) is 2.02. The van der Waals surface area contributed by atoms with Gasteiger partial charge in [-0.2, -0.15) is 0 Å². The Morgan fingerprint density at radius 2 is 1.94 bits per heavy atom. The Hall–Kier alpha value is -3.36. The van der Waals surface area contributed by atoms with Crippen LogP contribution in [-0.2, 0) is 22.4 Å². The number of methoxy groups -OCH3 is 2. The van der Waals surface area contributed by atoms with Gasteiger partial charge in [0.15, 0.2) is 6.10 Å². The second-order valence-electron chi connectivity index (χ2n) is 7.86. The quantitative estimate of drug-likeness (QED) is 0.282. The molecule has 8 heteroatoms. The number of nitrogens with zero attached hydrogens (tertiary/aromatic N) is 1. The molecule has 1 atom stereocenters. The zero-order valence-electron chi connectivity index (χ0n) is 19.4. The fourth-order valence-corrected chi connectivity index (χ4v) is 4.73. The van der Waals surface area contributed by atoms with Crippen molar-refractivity contribution in [3.8, 4) is 23.0 Å². The van der Waals surface area contributed by atoms with Crippen molar-refractivity contribution in [2.24, 2.45) is 0 Å². The highest BCUT2D eigenvalue weighted by Crippen LogP contribution is 2.34. The Morgan fingerprint density at radius 1 is 1.15 bits per heavy atom. The van der Waals surface area contributed by atoms with Crippen molar-refractivity contribution in [3.63, 3.8) is 0 Å². The fourth-order valence-electron chi connectivity index (χ4n) is 3.79. The van der Waals surface area contributed by atoms with Crippen molar-refractivity contribution >= 4 is 27.4 Å². The molecule has 0 fully saturated rings. The number of thiophene rings is 1. The van der Waals surface area contributed by atoms with E-state index in [1.54, 1.807) is 18.4 Å². The highest BCUT2D eigenvalue weighted by molar-refractivity contribution is 7.17. The van der Waals surface area contributed by atoms with Crippen LogP contribution in [0.1, 0.15) is 23.4 Å². The molecular formula is C26H27NO6S. The van der Waals surface area contributed by atoms with E-state index < -0.39 is 12.1 Å². The monoisotopic (exact) mass is 481 g/mol. The second-order valence-corrected chi connectivity index (χ2v) is 8.77. The number of hydrogen-bond acceptors (Lipinski definition) is 7. The molecule has 4 aromatic rings. The zero-order chi connectivity index (χ0) is 24.1. The predicted molar refractivity (Wildman–Crippen MR) is 131 cm³/mol. The average molecular weight is 482 g/mol. The number of rotatable bonds is 11. The minimum Gasteiger partial charge on any atom is -0.497 e. The van der Waals surface area contributed by atoms with Crippen molar-refractivity contribution in [3.05, 3.63) is 64.9 Å². The number of hydrogen-bond donors (Lipinski definition) is 1. The molecule has 2 aromatic carbocycles. The first-order valence-corrected chi connectivity index (χ1v) is 11.9. The molecule has 0 radical (unpaired) electrons. The molecule has 7 nitrogen and oxygen atoms in total. The lowest BCUT2D eigenvalue weighted by molar-refractivity contribution is -0.148. The van der Waals surface area contributed by atoms with Crippen molar-refractivity contribution in [1.82, 2.24) is 4.98 Å². The standard InChI is InChI=1S/C26H27NO6S/c1-16-21(27-25(33-16)17-6-9-19(30-2)10-7-17)5-4-13-32-22-11-8-18(15-23(31-3)26(28)29)24-20(22)12-14-34-24/h6-12,14,23H,4-5,13,15H2,1-3H3,(H,28,29). The van der Waals surface area contributed by atoms with Gasteiger partial charge in [-0.05, 0) is 67.1 Å². The molecule has 0 spiro atoms. The summed E-state index contributed by atoms with van der Waals surface area (Å²) in [5, 5.41) is 12.3. The number of carboxylic acids is 1. The molecule has 2 aromatic heterocycles. The highest BCUT2D eigenvalue weighted by atomic mass is 32.1. The number of benzene rings is 2. The topological polar surface area (TPSA) is 91.0 Å². The first-order chi connectivity index (χ1) is 16.5. The molecule has 0 saturated heterocycles. The normalized spacial score (nSPS) is 12.1. The van der Waals surface area contributed by atoms with Crippen LogP contribution in [0.5, 0.6) is 11.5 Å². The Balaban J connectivity index is 1.37. The Morgan fingerprint density at radius 3 is 2.65 bits per heavy atom. The lowest BCUT2D eigenvalue weighted by Gasteiger charge is -2.13. The molecule has 0 amide bonds. The van der Waals surface area contributed by atoms with Gasteiger partial charge in [0, 0.05) is 29.2 Å². The molecule has 178 valence electrons. The summed E-state index contributed by atoms with van der Waals surface area (Å²) in [4.78, 5) is 16.0. The van der Waals surface area contributed by atoms with Crippen LogP contribution in [0.3, 0.4) is 0 Å². The summed E-state index contributed by atoms with van der Waals surface area (Å²) < 4.78 is 23.3. The van der Waals surface area contributed by atoms with Crippen LogP contribution in [0.15, 0.2) is 52.3 Å². The van der Waals surface area contributed by atoms with Gasteiger partial charge in [0.25, 0.3) is 0 Å². The summed E-state index contributed by atoms with van der Waals surface area (Å²) in [7, 11) is 3.05. The van der Waals surface area contributed by atoms with Crippen LogP contribution >= 0.6 is 11.3 Å². The lowest BCUT2D eigenvalue weighted by atomic mass is 10.1. The van der Waals surface area contributed by atoms with E-state index in [9.17, 15) is 9.90 Å². The Kier molecular flexibility index (Phi) is 7.49. The summed E-state index contributed by atoms with van der Waals surface area (Å²) in [6.07, 6.45) is 0.967. The van der Waals surface area contributed by atoms with E-state index in [4.69, 9.17) is 18.6 Å². The van der Waals surface area contributed by atoms with Gasteiger partial charge in [0.2, 0.25) is 5.89 Å². The van der Waals surface area contributed by atoms with E-state index in [1.165, 1.54) is 7.11 Å². The van der Waals surface area contributed by atoms with Crippen molar-refractivity contribution in [1.29, 1.82) is 0 Å². The summed E-state index contributed by atoms with van der Waals surface area (Å²) >= 11 is 1.57. The number of aryl methyl sites for hydroxylation is 2. The largest absolute Gasteiger partial charge is 0.497 e. The molecule has 0 saturated carbocycles. The van der Waals surface area contributed by atoms with E-state index in [0.29, 0.717) is 18.9 Å². The minimum atomic E-state index is -0.967. The van der Waals surface area contributed by atoms with E-state index in [-0.39, 0.29) is 0 Å². The number of aromatic nitrogens is 1. The van der Waals surface area contributed by atoms with Gasteiger partial charge in [-0.15, -0.1) is 11.3 Å². The molecule has 2 heterocycles. The second kappa shape index (κ2) is 10.7. The van der Waals surface area contributed by atoms with E-state index in [2.05, 4.69) is 4.98 Å². The minimum absolute atomic E-state index is 0.311. The van der Waals surface area contributed by atoms with Gasteiger partial charge in [-0.3, -0.25) is 0 Å². The van der Waals surface area contributed by atoms with Crippen molar-refractivity contribution < 1.29 is 28.5 Å². The maximum absolute atomic E-state index is 11.3. The van der Waals surface area contributed by atoms with E-state index in [1.807, 2.05) is 54.8 Å². The number of oxazole rings is 1. The average Bonchev–Trinajstić information content (AvgIpc) is 3.48. The first kappa shape index (κ1) is 23.8. The summed E-state index contributed by atoms with van der Waals surface area (Å²) in [6, 6.07) is 13.5. The number of carbonyl (C=O) groups is 1. The van der Waals surface area contributed by atoms with Crippen LogP contribution in [0, 0.1) is 6.92 Å². The third kappa shape index (κ3) is 5.24. The molecule has 1 N–H and O–H groups in total. The number of fused-ring (bicyclic) bond motifs is 1. The predicted octanol–water partition coefficient (Wildman–Crippen LogP) is 5.53.